The number of hydrogen-bond acceptors (Lipinski definition) is 9. The normalized spacial score (nSPS) is 25.8. The van der Waals surface area contributed by atoms with Crippen molar-refractivity contribution in [1.29, 1.82) is 0 Å². The van der Waals surface area contributed by atoms with Crippen molar-refractivity contribution in [1.82, 2.24) is 0 Å². The van der Waals surface area contributed by atoms with Gasteiger partial charge >= 0.3 is 5.97 Å². The van der Waals surface area contributed by atoms with Crippen LogP contribution in [0.4, 0.5) is 0 Å². The molecular formula is C27H46O9. The fourth-order valence-corrected chi connectivity index (χ4v) is 3.61. The Morgan fingerprint density at radius 1 is 0.861 bits per heavy atom. The molecule has 0 radical (unpaired) electrons. The maximum Gasteiger partial charge on any atom is 0.305 e. The van der Waals surface area contributed by atoms with Crippen LogP contribution in [-0.4, -0.2) is 88.1 Å². The van der Waals surface area contributed by atoms with Crippen molar-refractivity contribution in [2.75, 3.05) is 19.8 Å². The van der Waals surface area contributed by atoms with Gasteiger partial charge in [-0.2, -0.15) is 0 Å². The first kappa shape index (κ1) is 32.4. The molecule has 0 aromatic rings. The topological polar surface area (TPSA) is 146 Å². The fourth-order valence-electron chi connectivity index (χ4n) is 3.61. The molecule has 208 valence electrons. The predicted octanol–water partition coefficient (Wildman–Crippen LogP) is 2.30. The lowest BCUT2D eigenvalue weighted by Gasteiger charge is -2.39. The van der Waals surface area contributed by atoms with Crippen LogP contribution in [0.1, 0.15) is 71.1 Å². The second-order valence-corrected chi connectivity index (χ2v) is 8.97. The van der Waals surface area contributed by atoms with Crippen LogP contribution < -0.4 is 0 Å². The van der Waals surface area contributed by atoms with E-state index < -0.39 is 49.4 Å². The SMILES string of the molecule is CC/C=C\C/C=C\C/C=C\CCCCCCCC(=O)OC[C@@H](O)CO[C@H]1O[C@@H](CO)[C@@H](O)[C@@H](O)[C@@H]1O. The van der Waals surface area contributed by atoms with Gasteiger partial charge in [-0.25, -0.2) is 0 Å². The second kappa shape index (κ2) is 20.5. The zero-order chi connectivity index (χ0) is 26.6. The molecule has 1 heterocycles. The second-order valence-electron chi connectivity index (χ2n) is 8.97. The number of aliphatic hydroxyl groups is 5. The Morgan fingerprint density at radius 3 is 2.19 bits per heavy atom. The maximum absolute atomic E-state index is 11.9. The van der Waals surface area contributed by atoms with E-state index in [0.717, 1.165) is 57.8 Å². The zero-order valence-electron chi connectivity index (χ0n) is 21.5. The molecule has 36 heavy (non-hydrogen) atoms. The molecule has 9 nitrogen and oxygen atoms in total. The Morgan fingerprint density at radius 2 is 1.50 bits per heavy atom. The van der Waals surface area contributed by atoms with Gasteiger partial charge in [0.15, 0.2) is 6.29 Å². The van der Waals surface area contributed by atoms with Gasteiger partial charge in [-0.3, -0.25) is 4.79 Å². The van der Waals surface area contributed by atoms with E-state index in [-0.39, 0.29) is 19.6 Å². The summed E-state index contributed by atoms with van der Waals surface area (Å²) < 4.78 is 15.5. The molecule has 0 amide bonds. The predicted molar refractivity (Wildman–Crippen MR) is 136 cm³/mol. The molecule has 0 aromatic heterocycles. The Kier molecular flexibility index (Phi) is 18.4. The Bertz CT molecular complexity index is 647. The highest BCUT2D eigenvalue weighted by atomic mass is 16.7. The van der Waals surface area contributed by atoms with Crippen molar-refractivity contribution in [3.8, 4) is 0 Å². The van der Waals surface area contributed by atoms with Gasteiger partial charge < -0.3 is 39.7 Å². The molecule has 0 unspecified atom stereocenters. The number of carbonyl (C=O) groups excluding carboxylic acids is 1. The molecule has 1 aliphatic heterocycles. The number of allylic oxidation sites excluding steroid dienone is 6. The third-order valence-corrected chi connectivity index (χ3v) is 5.77. The summed E-state index contributed by atoms with van der Waals surface area (Å²) in [5.74, 6) is -0.400. The van der Waals surface area contributed by atoms with E-state index >= 15 is 0 Å². The molecule has 0 saturated carbocycles. The van der Waals surface area contributed by atoms with Crippen molar-refractivity contribution in [2.24, 2.45) is 0 Å². The highest BCUT2D eigenvalue weighted by Crippen LogP contribution is 2.22. The lowest BCUT2D eigenvalue weighted by atomic mass is 9.99. The molecule has 0 bridgehead atoms. The van der Waals surface area contributed by atoms with Crippen LogP contribution in [0.25, 0.3) is 0 Å². The van der Waals surface area contributed by atoms with Gasteiger partial charge in [0, 0.05) is 6.42 Å². The summed E-state index contributed by atoms with van der Waals surface area (Å²) in [6, 6.07) is 0. The quantitative estimate of drug-likeness (QED) is 0.0995. The van der Waals surface area contributed by atoms with Crippen LogP contribution in [0, 0.1) is 0 Å². The van der Waals surface area contributed by atoms with Gasteiger partial charge in [-0.15, -0.1) is 0 Å². The average Bonchev–Trinajstić information content (AvgIpc) is 2.88. The Hall–Kier alpha value is -1.59. The molecule has 1 rings (SSSR count). The van der Waals surface area contributed by atoms with E-state index in [0.29, 0.717) is 0 Å². The van der Waals surface area contributed by atoms with Crippen LogP contribution in [0.15, 0.2) is 36.5 Å². The Labute approximate surface area is 215 Å². The van der Waals surface area contributed by atoms with Crippen LogP contribution >= 0.6 is 0 Å². The molecule has 1 fully saturated rings. The lowest BCUT2D eigenvalue weighted by Crippen LogP contribution is -2.59. The van der Waals surface area contributed by atoms with Gasteiger partial charge in [0.25, 0.3) is 0 Å². The van der Waals surface area contributed by atoms with Crippen molar-refractivity contribution in [3.05, 3.63) is 36.5 Å². The summed E-state index contributed by atoms with van der Waals surface area (Å²) in [4.78, 5) is 11.9. The first-order valence-corrected chi connectivity index (χ1v) is 13.1. The van der Waals surface area contributed by atoms with E-state index in [9.17, 15) is 25.2 Å². The summed E-state index contributed by atoms with van der Waals surface area (Å²) in [7, 11) is 0. The number of unbranched alkanes of at least 4 members (excludes halogenated alkanes) is 5. The molecular weight excluding hydrogens is 468 g/mol. The van der Waals surface area contributed by atoms with Crippen LogP contribution in [-0.2, 0) is 19.0 Å². The van der Waals surface area contributed by atoms with E-state index in [4.69, 9.17) is 19.3 Å². The number of aliphatic hydroxyl groups excluding tert-OH is 5. The third kappa shape index (κ3) is 14.2. The van der Waals surface area contributed by atoms with Crippen molar-refractivity contribution < 1.29 is 44.5 Å². The lowest BCUT2D eigenvalue weighted by molar-refractivity contribution is -0.305. The van der Waals surface area contributed by atoms with Gasteiger partial charge in [0.05, 0.1) is 13.2 Å². The van der Waals surface area contributed by atoms with Crippen molar-refractivity contribution >= 4 is 5.97 Å². The standard InChI is InChI=1S/C27H46O9/c1-2-3-4-5-6-7-8-9-10-11-12-13-14-15-16-17-23(30)34-19-21(29)20-35-27-26(33)25(32)24(31)22(18-28)36-27/h3-4,6-7,9-10,21-22,24-29,31-33H,2,5,8,11-20H2,1H3/b4-3-,7-6-,10-9-/t21-,22+,24-,25-,26+,27+/m1/s1. The highest BCUT2D eigenvalue weighted by Gasteiger charge is 2.44. The molecule has 1 aliphatic rings. The molecule has 6 atom stereocenters. The van der Waals surface area contributed by atoms with Crippen LogP contribution in [0.5, 0.6) is 0 Å². The minimum atomic E-state index is -1.56. The molecule has 0 aliphatic carbocycles. The van der Waals surface area contributed by atoms with E-state index in [1.54, 1.807) is 0 Å². The first-order valence-electron chi connectivity index (χ1n) is 13.1. The summed E-state index contributed by atoms with van der Waals surface area (Å²) in [6.45, 7) is 0.964. The maximum atomic E-state index is 11.9. The van der Waals surface area contributed by atoms with E-state index in [2.05, 4.69) is 43.4 Å². The zero-order valence-corrected chi connectivity index (χ0v) is 21.5. The average molecular weight is 515 g/mol. The third-order valence-electron chi connectivity index (χ3n) is 5.77. The molecule has 5 N–H and O–H groups in total. The first-order chi connectivity index (χ1) is 17.4. The van der Waals surface area contributed by atoms with Gasteiger partial charge in [-0.05, 0) is 38.5 Å². The van der Waals surface area contributed by atoms with E-state index in [1.165, 1.54) is 0 Å². The highest BCUT2D eigenvalue weighted by molar-refractivity contribution is 5.69. The minimum absolute atomic E-state index is 0.271. The summed E-state index contributed by atoms with van der Waals surface area (Å²) >= 11 is 0. The largest absolute Gasteiger partial charge is 0.463 e. The van der Waals surface area contributed by atoms with Gasteiger partial charge in [0.1, 0.15) is 37.1 Å². The summed E-state index contributed by atoms with van der Waals surface area (Å²) in [5.41, 5.74) is 0. The smallest absolute Gasteiger partial charge is 0.305 e. The van der Waals surface area contributed by atoms with Crippen molar-refractivity contribution in [3.63, 3.8) is 0 Å². The van der Waals surface area contributed by atoms with Gasteiger partial charge in [-0.1, -0.05) is 62.6 Å². The number of hydrogen-bond donors (Lipinski definition) is 5. The number of rotatable bonds is 19. The summed E-state index contributed by atoms with van der Waals surface area (Å²) in [5, 5.41) is 48.5. The summed E-state index contributed by atoms with van der Waals surface area (Å²) in [6.07, 6.45) is 14.3. The van der Waals surface area contributed by atoms with Crippen LogP contribution in [0.2, 0.25) is 0 Å². The number of carbonyl (C=O) groups is 1. The minimum Gasteiger partial charge on any atom is -0.463 e. The molecule has 1 saturated heterocycles. The number of esters is 1. The number of ether oxygens (including phenoxy) is 3. The van der Waals surface area contributed by atoms with Gasteiger partial charge in [0.2, 0.25) is 0 Å². The molecule has 0 aromatic carbocycles. The molecule has 0 spiro atoms. The van der Waals surface area contributed by atoms with Crippen molar-refractivity contribution in [2.45, 2.75) is 108 Å². The van der Waals surface area contributed by atoms with Crippen LogP contribution in [0.3, 0.4) is 0 Å². The Balaban J connectivity index is 2.02. The van der Waals surface area contributed by atoms with E-state index in [1.807, 2.05) is 0 Å². The fraction of sp³-hybridized carbons (Fsp3) is 0.741. The molecule has 9 heteroatoms. The monoisotopic (exact) mass is 514 g/mol.